The molecule has 1 N–H and O–H groups in total. The minimum absolute atomic E-state index is 0.122. The first-order valence-corrected chi connectivity index (χ1v) is 12.3. The summed E-state index contributed by atoms with van der Waals surface area (Å²) in [6.45, 7) is 3.62. The predicted molar refractivity (Wildman–Crippen MR) is 133 cm³/mol. The molecule has 2 aliphatic heterocycles. The summed E-state index contributed by atoms with van der Waals surface area (Å²) in [5, 5.41) is 19.1. The van der Waals surface area contributed by atoms with Crippen molar-refractivity contribution in [3.63, 3.8) is 0 Å². The lowest BCUT2D eigenvalue weighted by atomic mass is 9.96. The highest BCUT2D eigenvalue weighted by Crippen LogP contribution is 2.29. The summed E-state index contributed by atoms with van der Waals surface area (Å²) in [4.78, 5) is 19.5. The molecule has 1 unspecified atom stereocenters. The van der Waals surface area contributed by atoms with Gasteiger partial charge in [0.15, 0.2) is 0 Å². The third kappa shape index (κ3) is 5.67. The first kappa shape index (κ1) is 24.0. The maximum atomic E-state index is 13.2. The third-order valence-corrected chi connectivity index (χ3v) is 6.98. The molecule has 0 spiro atoms. The Morgan fingerprint density at radius 2 is 1.59 bits per heavy atom. The van der Waals surface area contributed by atoms with E-state index < -0.39 is 0 Å². The van der Waals surface area contributed by atoms with Crippen molar-refractivity contribution in [3.05, 3.63) is 83.6 Å². The van der Waals surface area contributed by atoms with Gasteiger partial charge in [-0.25, -0.2) is 0 Å². The van der Waals surface area contributed by atoms with Gasteiger partial charge in [0.25, 0.3) is 5.91 Å². The maximum absolute atomic E-state index is 13.2. The van der Waals surface area contributed by atoms with Crippen LogP contribution in [0.5, 0.6) is 0 Å². The summed E-state index contributed by atoms with van der Waals surface area (Å²) >= 11 is 0. The zero-order valence-electron chi connectivity index (χ0n) is 19.7. The second kappa shape index (κ2) is 11.8. The molecule has 2 aliphatic rings. The lowest BCUT2D eigenvalue weighted by molar-refractivity contribution is -0.128. The van der Waals surface area contributed by atoms with Crippen molar-refractivity contribution in [1.29, 1.82) is 5.26 Å². The Morgan fingerprint density at radius 1 is 0.971 bits per heavy atom. The average molecular weight is 459 g/mol. The Kier molecular flexibility index (Phi) is 8.35. The second-order valence-corrected chi connectivity index (χ2v) is 9.11. The van der Waals surface area contributed by atoms with Gasteiger partial charge >= 0.3 is 0 Å². The fourth-order valence-corrected chi connectivity index (χ4v) is 5.19. The van der Waals surface area contributed by atoms with E-state index >= 15 is 0 Å². The molecule has 6 heteroatoms. The van der Waals surface area contributed by atoms with Gasteiger partial charge in [-0.15, -0.1) is 0 Å². The third-order valence-electron chi connectivity index (χ3n) is 6.98. The summed E-state index contributed by atoms with van der Waals surface area (Å²) < 4.78 is 0. The van der Waals surface area contributed by atoms with Crippen molar-refractivity contribution in [3.8, 4) is 6.07 Å². The number of nitrogens with zero attached hydrogens (tertiary/aromatic N) is 4. The number of hydrogen-bond donors (Lipinski definition) is 1. The van der Waals surface area contributed by atoms with Gasteiger partial charge in [-0.3, -0.25) is 9.69 Å². The first-order chi connectivity index (χ1) is 16.7. The number of carbonyl (C=O) groups is 1. The Labute approximate surface area is 202 Å². The Balaban J connectivity index is 1.45. The quantitative estimate of drug-likeness (QED) is 0.507. The molecule has 2 saturated heterocycles. The Bertz CT molecular complexity index is 953. The second-order valence-electron chi connectivity index (χ2n) is 9.11. The topological polar surface area (TPSA) is 70.8 Å². The molecule has 0 bridgehead atoms. The van der Waals surface area contributed by atoms with Crippen LogP contribution in [0.2, 0.25) is 0 Å². The smallest absolute Gasteiger partial charge is 0.266 e. The number of hydrogen-bond acceptors (Lipinski definition) is 5. The molecule has 1 amide bonds. The number of piperidine rings is 1. The number of benzene rings is 2. The lowest BCUT2D eigenvalue weighted by Gasteiger charge is -2.40. The summed E-state index contributed by atoms with van der Waals surface area (Å²) in [5.74, 6) is -0.188. The van der Waals surface area contributed by atoms with Crippen LogP contribution in [-0.4, -0.2) is 71.1 Å². The number of nitriles is 1. The highest BCUT2D eigenvalue weighted by molar-refractivity contribution is 5.97. The zero-order chi connectivity index (χ0) is 23.8. The number of amides is 1. The number of piperazine rings is 1. The van der Waals surface area contributed by atoms with Gasteiger partial charge < -0.3 is 14.9 Å². The van der Waals surface area contributed by atoms with E-state index in [1.165, 1.54) is 11.1 Å². The normalized spacial score (nSPS) is 19.8. The molecule has 2 aromatic carbocycles. The first-order valence-electron chi connectivity index (χ1n) is 12.3. The van der Waals surface area contributed by atoms with E-state index in [4.69, 9.17) is 0 Å². The summed E-state index contributed by atoms with van der Waals surface area (Å²) in [6.07, 6.45) is 5.57. The van der Waals surface area contributed by atoms with Crippen LogP contribution < -0.4 is 0 Å². The summed E-state index contributed by atoms with van der Waals surface area (Å²) in [7, 11) is 0. The van der Waals surface area contributed by atoms with Crippen molar-refractivity contribution in [2.24, 2.45) is 0 Å². The molecule has 34 heavy (non-hydrogen) atoms. The van der Waals surface area contributed by atoms with Crippen molar-refractivity contribution >= 4 is 5.91 Å². The van der Waals surface area contributed by atoms with Crippen molar-refractivity contribution in [2.75, 3.05) is 39.3 Å². The predicted octanol–water partition coefficient (Wildman–Crippen LogP) is 3.56. The lowest BCUT2D eigenvalue weighted by Crippen LogP contribution is -2.50. The monoisotopic (exact) mass is 458 g/mol. The molecule has 178 valence electrons. The Hall–Kier alpha value is -3.14. The molecule has 2 heterocycles. The number of rotatable bonds is 7. The van der Waals surface area contributed by atoms with Crippen LogP contribution in [0.3, 0.4) is 0 Å². The van der Waals surface area contributed by atoms with Gasteiger partial charge in [-0.2, -0.15) is 5.26 Å². The molecular formula is C28H34N4O2. The fourth-order valence-electron chi connectivity index (χ4n) is 5.19. The molecule has 1 atom stereocenters. The minimum Gasteiger partial charge on any atom is -0.396 e. The molecule has 6 nitrogen and oxygen atoms in total. The van der Waals surface area contributed by atoms with Crippen LogP contribution in [0.15, 0.2) is 72.4 Å². The standard InChI is InChI=1S/C28H34N4O2/c29-21-25(22-32-15-8-7-13-26(32)14-20-33)28(34)31-18-16-30(17-19-31)27(23-9-3-1-4-10-23)24-11-5-2-6-12-24/h1-6,9-12,22,26-27,33H,7-8,13-20H2/b25-22-. The van der Waals surface area contributed by atoms with Gasteiger partial charge in [0, 0.05) is 51.6 Å². The van der Waals surface area contributed by atoms with E-state index in [1.54, 1.807) is 6.20 Å². The Morgan fingerprint density at radius 3 is 2.15 bits per heavy atom. The van der Waals surface area contributed by atoms with E-state index in [9.17, 15) is 15.2 Å². The molecule has 0 aliphatic carbocycles. The van der Waals surface area contributed by atoms with Crippen LogP contribution in [-0.2, 0) is 4.79 Å². The molecule has 4 rings (SSSR count). The van der Waals surface area contributed by atoms with Crippen LogP contribution in [0.4, 0.5) is 0 Å². The van der Waals surface area contributed by atoms with Crippen molar-refractivity contribution in [2.45, 2.75) is 37.8 Å². The highest BCUT2D eigenvalue weighted by atomic mass is 16.3. The van der Waals surface area contributed by atoms with E-state index in [-0.39, 0.29) is 30.2 Å². The highest BCUT2D eigenvalue weighted by Gasteiger charge is 2.30. The van der Waals surface area contributed by atoms with Crippen molar-refractivity contribution < 1.29 is 9.90 Å². The maximum Gasteiger partial charge on any atom is 0.266 e. The largest absolute Gasteiger partial charge is 0.396 e. The van der Waals surface area contributed by atoms with Crippen LogP contribution >= 0.6 is 0 Å². The van der Waals surface area contributed by atoms with E-state index in [0.717, 1.165) is 38.9 Å². The van der Waals surface area contributed by atoms with Gasteiger partial charge in [-0.05, 0) is 36.8 Å². The fraction of sp³-hybridized carbons (Fsp3) is 0.429. The molecule has 2 aromatic rings. The molecule has 2 fully saturated rings. The van der Waals surface area contributed by atoms with Crippen LogP contribution in [0, 0.1) is 11.3 Å². The summed E-state index contributed by atoms with van der Waals surface area (Å²) in [6, 6.07) is 23.5. The van der Waals surface area contributed by atoms with E-state index in [0.29, 0.717) is 19.5 Å². The van der Waals surface area contributed by atoms with Gasteiger partial charge in [0.2, 0.25) is 0 Å². The average Bonchev–Trinajstić information content (AvgIpc) is 2.90. The van der Waals surface area contributed by atoms with Crippen LogP contribution in [0.25, 0.3) is 0 Å². The molecule has 0 saturated carbocycles. The molecular weight excluding hydrogens is 424 g/mol. The number of carbonyl (C=O) groups excluding carboxylic acids is 1. The number of likely N-dealkylation sites (tertiary alicyclic amines) is 1. The van der Waals surface area contributed by atoms with E-state index in [1.807, 2.05) is 17.0 Å². The van der Waals surface area contributed by atoms with Gasteiger partial charge in [-0.1, -0.05) is 60.7 Å². The summed E-state index contributed by atoms with van der Waals surface area (Å²) in [5.41, 5.74) is 2.68. The van der Waals surface area contributed by atoms with Gasteiger partial charge in [0.05, 0.1) is 6.04 Å². The molecule has 0 radical (unpaired) electrons. The van der Waals surface area contributed by atoms with E-state index in [2.05, 4.69) is 64.4 Å². The van der Waals surface area contributed by atoms with Crippen LogP contribution in [0.1, 0.15) is 42.9 Å². The molecule has 0 aromatic heterocycles. The SMILES string of the molecule is N#C/C(=C/N1CCCCC1CCO)C(=O)N1CCN(C(c2ccccc2)c2ccccc2)CC1. The zero-order valence-corrected chi connectivity index (χ0v) is 19.7. The van der Waals surface area contributed by atoms with Crippen molar-refractivity contribution in [1.82, 2.24) is 14.7 Å². The number of aliphatic hydroxyl groups is 1. The number of aliphatic hydroxyl groups excluding tert-OH is 1. The minimum atomic E-state index is -0.188. The van der Waals surface area contributed by atoms with Gasteiger partial charge in [0.1, 0.15) is 11.6 Å².